The van der Waals surface area contributed by atoms with Crippen LogP contribution in [0, 0.1) is 17.5 Å². The molecule has 2 aromatic carbocycles. The number of hydrogen-bond donors (Lipinski definition) is 1. The highest BCUT2D eigenvalue weighted by atomic mass is 32.2. The first-order valence-electron chi connectivity index (χ1n) is 5.57. The molecule has 0 aliphatic heterocycles. The van der Waals surface area contributed by atoms with Gasteiger partial charge in [0, 0.05) is 16.5 Å². The predicted molar refractivity (Wildman–Crippen MR) is 70.6 cm³/mol. The van der Waals surface area contributed by atoms with E-state index in [1.54, 1.807) is 23.9 Å². The maximum Gasteiger partial charge on any atom is 0.161 e. The van der Waals surface area contributed by atoms with E-state index in [0.29, 0.717) is 11.6 Å². The SMILES string of the molecule is CSc1ccc(C(N)c2cc(F)c(F)cc2F)cc1. The fourth-order valence-electron chi connectivity index (χ4n) is 1.77. The van der Waals surface area contributed by atoms with Gasteiger partial charge in [0.25, 0.3) is 0 Å². The fourth-order valence-corrected chi connectivity index (χ4v) is 2.18. The Kier molecular flexibility index (Phi) is 4.17. The third-order valence-electron chi connectivity index (χ3n) is 2.85. The molecule has 0 heterocycles. The van der Waals surface area contributed by atoms with Gasteiger partial charge in [-0.3, -0.25) is 0 Å². The van der Waals surface area contributed by atoms with Crippen molar-refractivity contribution in [1.82, 2.24) is 0 Å². The average Bonchev–Trinajstić information content (AvgIpc) is 2.42. The Bertz CT molecular complexity index is 584. The maximum atomic E-state index is 13.6. The first-order valence-corrected chi connectivity index (χ1v) is 6.79. The van der Waals surface area contributed by atoms with Crippen molar-refractivity contribution in [2.24, 2.45) is 5.73 Å². The molecule has 0 amide bonds. The van der Waals surface area contributed by atoms with Crippen molar-refractivity contribution in [3.63, 3.8) is 0 Å². The van der Waals surface area contributed by atoms with Crippen LogP contribution >= 0.6 is 11.8 Å². The predicted octanol–water partition coefficient (Wildman–Crippen LogP) is 3.87. The van der Waals surface area contributed by atoms with Crippen molar-refractivity contribution in [3.8, 4) is 0 Å². The van der Waals surface area contributed by atoms with Gasteiger partial charge < -0.3 is 5.73 Å². The van der Waals surface area contributed by atoms with Gasteiger partial charge in [-0.25, -0.2) is 13.2 Å². The Morgan fingerprint density at radius 3 is 2.11 bits per heavy atom. The van der Waals surface area contributed by atoms with Crippen LogP contribution in [0.25, 0.3) is 0 Å². The van der Waals surface area contributed by atoms with Gasteiger partial charge in [0.05, 0.1) is 6.04 Å². The van der Waals surface area contributed by atoms with Gasteiger partial charge >= 0.3 is 0 Å². The minimum atomic E-state index is -1.22. The van der Waals surface area contributed by atoms with Gasteiger partial charge in [0.1, 0.15) is 5.82 Å². The van der Waals surface area contributed by atoms with Crippen LogP contribution in [0.15, 0.2) is 41.3 Å². The Labute approximate surface area is 113 Å². The smallest absolute Gasteiger partial charge is 0.161 e. The third kappa shape index (κ3) is 2.93. The van der Waals surface area contributed by atoms with Crippen molar-refractivity contribution in [2.75, 3.05) is 6.26 Å². The van der Waals surface area contributed by atoms with Crippen molar-refractivity contribution in [2.45, 2.75) is 10.9 Å². The molecule has 0 bridgehead atoms. The summed E-state index contributed by atoms with van der Waals surface area (Å²) in [6.07, 6.45) is 1.93. The quantitative estimate of drug-likeness (QED) is 0.683. The summed E-state index contributed by atoms with van der Waals surface area (Å²) >= 11 is 1.57. The van der Waals surface area contributed by atoms with E-state index in [-0.39, 0.29) is 5.56 Å². The number of halogens is 3. The second-order valence-corrected chi connectivity index (χ2v) is 4.92. The monoisotopic (exact) mass is 283 g/mol. The molecule has 0 aliphatic rings. The normalized spacial score (nSPS) is 12.5. The number of nitrogens with two attached hydrogens (primary N) is 1. The second-order valence-electron chi connectivity index (χ2n) is 4.04. The lowest BCUT2D eigenvalue weighted by Crippen LogP contribution is -2.14. The van der Waals surface area contributed by atoms with Crippen LogP contribution in [-0.4, -0.2) is 6.26 Å². The zero-order chi connectivity index (χ0) is 14.0. The van der Waals surface area contributed by atoms with Crippen LogP contribution in [0.4, 0.5) is 13.2 Å². The third-order valence-corrected chi connectivity index (χ3v) is 3.59. The van der Waals surface area contributed by atoms with Crippen LogP contribution in [0.3, 0.4) is 0 Å². The van der Waals surface area contributed by atoms with Gasteiger partial charge in [-0.15, -0.1) is 11.8 Å². The molecule has 0 radical (unpaired) electrons. The van der Waals surface area contributed by atoms with Gasteiger partial charge in [-0.1, -0.05) is 12.1 Å². The number of hydrogen-bond acceptors (Lipinski definition) is 2. The first kappa shape index (κ1) is 14.0. The van der Waals surface area contributed by atoms with Crippen LogP contribution in [-0.2, 0) is 0 Å². The molecule has 0 fully saturated rings. The zero-order valence-corrected chi connectivity index (χ0v) is 11.0. The van der Waals surface area contributed by atoms with E-state index < -0.39 is 23.5 Å². The van der Waals surface area contributed by atoms with Crippen LogP contribution in [0.1, 0.15) is 17.2 Å². The van der Waals surface area contributed by atoms with E-state index in [1.165, 1.54) is 0 Å². The highest BCUT2D eigenvalue weighted by Crippen LogP contribution is 2.26. The molecular weight excluding hydrogens is 271 g/mol. The summed E-state index contributed by atoms with van der Waals surface area (Å²) in [6.45, 7) is 0. The Hall–Kier alpha value is -1.46. The minimum absolute atomic E-state index is 0.0594. The lowest BCUT2D eigenvalue weighted by atomic mass is 9.99. The molecule has 0 saturated heterocycles. The summed E-state index contributed by atoms with van der Waals surface area (Å²) in [5, 5.41) is 0. The first-order chi connectivity index (χ1) is 9.02. The molecule has 100 valence electrons. The Balaban J connectivity index is 2.37. The van der Waals surface area contributed by atoms with Crippen molar-refractivity contribution < 1.29 is 13.2 Å². The summed E-state index contributed by atoms with van der Waals surface area (Å²) in [7, 11) is 0. The zero-order valence-electron chi connectivity index (χ0n) is 10.2. The summed E-state index contributed by atoms with van der Waals surface area (Å²) in [6, 6.07) is 7.67. The summed E-state index contributed by atoms with van der Waals surface area (Å²) in [4.78, 5) is 1.04. The van der Waals surface area contributed by atoms with E-state index in [1.807, 2.05) is 18.4 Å². The number of thioether (sulfide) groups is 1. The molecule has 0 aromatic heterocycles. The molecule has 1 nitrogen and oxygen atoms in total. The molecule has 5 heteroatoms. The van der Waals surface area contributed by atoms with Gasteiger partial charge in [-0.2, -0.15) is 0 Å². The maximum absolute atomic E-state index is 13.6. The van der Waals surface area contributed by atoms with E-state index >= 15 is 0 Å². The molecule has 2 N–H and O–H groups in total. The molecule has 1 unspecified atom stereocenters. The van der Waals surface area contributed by atoms with Gasteiger partial charge in [0.2, 0.25) is 0 Å². The highest BCUT2D eigenvalue weighted by Gasteiger charge is 2.17. The highest BCUT2D eigenvalue weighted by molar-refractivity contribution is 7.98. The van der Waals surface area contributed by atoms with E-state index in [0.717, 1.165) is 11.0 Å². The lowest BCUT2D eigenvalue weighted by molar-refractivity contribution is 0.487. The number of rotatable bonds is 3. The Morgan fingerprint density at radius 1 is 0.947 bits per heavy atom. The summed E-state index contributed by atoms with van der Waals surface area (Å²) < 4.78 is 39.6. The molecule has 0 spiro atoms. The van der Waals surface area contributed by atoms with Crippen molar-refractivity contribution in [3.05, 3.63) is 65.0 Å². The van der Waals surface area contributed by atoms with Crippen molar-refractivity contribution in [1.29, 1.82) is 0 Å². The summed E-state index contributed by atoms with van der Waals surface area (Å²) in [5.74, 6) is -3.17. The largest absolute Gasteiger partial charge is 0.320 e. The number of benzene rings is 2. The van der Waals surface area contributed by atoms with Crippen LogP contribution in [0.5, 0.6) is 0 Å². The van der Waals surface area contributed by atoms with E-state index in [2.05, 4.69) is 0 Å². The van der Waals surface area contributed by atoms with Gasteiger partial charge in [0.15, 0.2) is 11.6 Å². The molecule has 2 aromatic rings. The average molecular weight is 283 g/mol. The summed E-state index contributed by atoms with van der Waals surface area (Å²) in [5.41, 5.74) is 6.47. The molecule has 2 rings (SSSR count). The lowest BCUT2D eigenvalue weighted by Gasteiger charge is -2.14. The molecular formula is C14H12F3NS. The minimum Gasteiger partial charge on any atom is -0.320 e. The fraction of sp³-hybridized carbons (Fsp3) is 0.143. The standard InChI is InChI=1S/C14H12F3NS/c1-19-9-4-2-8(3-5-9)14(18)10-6-12(16)13(17)7-11(10)15/h2-7,14H,18H2,1H3. The van der Waals surface area contributed by atoms with E-state index in [4.69, 9.17) is 5.73 Å². The Morgan fingerprint density at radius 2 is 1.53 bits per heavy atom. The van der Waals surface area contributed by atoms with Gasteiger partial charge in [-0.05, 0) is 30.0 Å². The van der Waals surface area contributed by atoms with Crippen LogP contribution in [0.2, 0.25) is 0 Å². The molecule has 19 heavy (non-hydrogen) atoms. The molecule has 0 saturated carbocycles. The molecule has 1 atom stereocenters. The topological polar surface area (TPSA) is 26.0 Å². The van der Waals surface area contributed by atoms with Crippen LogP contribution < -0.4 is 5.73 Å². The molecule has 0 aliphatic carbocycles. The van der Waals surface area contributed by atoms with E-state index in [9.17, 15) is 13.2 Å². The van der Waals surface area contributed by atoms with Crippen molar-refractivity contribution >= 4 is 11.8 Å². The second kappa shape index (κ2) is 5.67.